The summed E-state index contributed by atoms with van der Waals surface area (Å²) in [4.78, 5) is 12.2. The van der Waals surface area contributed by atoms with Gasteiger partial charge in [-0.25, -0.2) is 0 Å². The number of para-hydroxylation sites is 1. The average Bonchev–Trinajstić information content (AvgIpc) is 2.54. The summed E-state index contributed by atoms with van der Waals surface area (Å²) in [5.74, 6) is 0.289. The van der Waals surface area contributed by atoms with Gasteiger partial charge in [0.15, 0.2) is 6.10 Å². The number of alkyl halides is 3. The average molecular weight is 351 g/mol. The minimum atomic E-state index is -4.46. The predicted molar refractivity (Wildman–Crippen MR) is 90.7 cm³/mol. The van der Waals surface area contributed by atoms with E-state index in [0.29, 0.717) is 5.75 Å². The number of hydrogen-bond donors (Lipinski definition) is 1. The van der Waals surface area contributed by atoms with Crippen molar-refractivity contribution in [2.45, 2.75) is 39.0 Å². The van der Waals surface area contributed by atoms with Crippen molar-refractivity contribution in [3.63, 3.8) is 0 Å². The van der Waals surface area contributed by atoms with Crippen LogP contribution in [0, 0.1) is 0 Å². The Bertz CT molecular complexity index is 741. The van der Waals surface area contributed by atoms with E-state index in [9.17, 15) is 18.0 Å². The number of ether oxygens (including phenoxy) is 1. The third-order valence-electron chi connectivity index (χ3n) is 3.67. The number of halogens is 3. The molecule has 1 N–H and O–H groups in total. The van der Waals surface area contributed by atoms with Gasteiger partial charge in [0.05, 0.1) is 5.56 Å². The monoisotopic (exact) mass is 351 g/mol. The SMILES string of the molecule is CC(C)c1ccccc1O[C@@H](C)C(=O)Nc1cccc(C(F)(F)F)c1. The number of hydrogen-bond acceptors (Lipinski definition) is 2. The van der Waals surface area contributed by atoms with Crippen LogP contribution in [0.25, 0.3) is 0 Å². The van der Waals surface area contributed by atoms with Gasteiger partial charge < -0.3 is 10.1 Å². The summed E-state index contributed by atoms with van der Waals surface area (Å²) in [6.07, 6.45) is -5.31. The predicted octanol–water partition coefficient (Wildman–Crippen LogP) is 5.23. The third kappa shape index (κ3) is 4.98. The van der Waals surface area contributed by atoms with Crippen LogP contribution in [0.3, 0.4) is 0 Å². The lowest BCUT2D eigenvalue weighted by atomic mass is 10.0. The lowest BCUT2D eigenvalue weighted by Crippen LogP contribution is -2.30. The van der Waals surface area contributed by atoms with E-state index in [1.54, 1.807) is 19.1 Å². The van der Waals surface area contributed by atoms with Gasteiger partial charge in [-0.05, 0) is 42.7 Å². The molecule has 3 nitrogen and oxygen atoms in total. The summed E-state index contributed by atoms with van der Waals surface area (Å²) >= 11 is 0. The molecule has 0 saturated heterocycles. The van der Waals surface area contributed by atoms with Crippen molar-refractivity contribution in [2.24, 2.45) is 0 Å². The van der Waals surface area contributed by atoms with Crippen molar-refractivity contribution in [3.8, 4) is 5.75 Å². The molecule has 2 aromatic rings. The first-order valence-corrected chi connectivity index (χ1v) is 7.92. The van der Waals surface area contributed by atoms with E-state index in [-0.39, 0.29) is 11.6 Å². The normalized spacial score (nSPS) is 12.8. The molecule has 6 heteroatoms. The smallest absolute Gasteiger partial charge is 0.416 e. The molecule has 0 fully saturated rings. The van der Waals surface area contributed by atoms with E-state index in [1.165, 1.54) is 12.1 Å². The molecule has 0 heterocycles. The summed E-state index contributed by atoms with van der Waals surface area (Å²) in [5, 5.41) is 2.46. The van der Waals surface area contributed by atoms with E-state index in [0.717, 1.165) is 17.7 Å². The maximum atomic E-state index is 12.7. The Morgan fingerprint density at radius 1 is 1.04 bits per heavy atom. The molecule has 0 aliphatic rings. The molecule has 0 aromatic heterocycles. The van der Waals surface area contributed by atoms with Gasteiger partial charge in [0.2, 0.25) is 0 Å². The van der Waals surface area contributed by atoms with E-state index >= 15 is 0 Å². The molecule has 2 rings (SSSR count). The molecule has 0 unspecified atom stereocenters. The quantitative estimate of drug-likeness (QED) is 0.800. The molecule has 134 valence electrons. The van der Waals surface area contributed by atoms with Gasteiger partial charge in [0.25, 0.3) is 5.91 Å². The zero-order valence-electron chi connectivity index (χ0n) is 14.2. The Morgan fingerprint density at radius 3 is 2.36 bits per heavy atom. The van der Waals surface area contributed by atoms with Crippen molar-refractivity contribution in [1.29, 1.82) is 0 Å². The van der Waals surface area contributed by atoms with Crippen LogP contribution in [0.4, 0.5) is 18.9 Å². The molecule has 0 aliphatic heterocycles. The lowest BCUT2D eigenvalue weighted by molar-refractivity contribution is -0.137. The van der Waals surface area contributed by atoms with Gasteiger partial charge in [-0.15, -0.1) is 0 Å². The summed E-state index contributed by atoms with van der Waals surface area (Å²) in [7, 11) is 0. The number of carbonyl (C=O) groups is 1. The van der Waals surface area contributed by atoms with Gasteiger partial charge >= 0.3 is 6.18 Å². The fourth-order valence-corrected chi connectivity index (χ4v) is 2.33. The molecular formula is C19H20F3NO2. The molecule has 1 amide bonds. The fourth-order valence-electron chi connectivity index (χ4n) is 2.33. The minimum Gasteiger partial charge on any atom is -0.481 e. The van der Waals surface area contributed by atoms with E-state index in [2.05, 4.69) is 5.32 Å². The maximum Gasteiger partial charge on any atom is 0.416 e. The van der Waals surface area contributed by atoms with E-state index in [4.69, 9.17) is 4.74 Å². The van der Waals surface area contributed by atoms with Crippen LogP contribution in [0.2, 0.25) is 0 Å². The number of anilines is 1. The highest BCUT2D eigenvalue weighted by Gasteiger charge is 2.30. The number of benzene rings is 2. The fraction of sp³-hybridized carbons (Fsp3) is 0.316. The molecule has 2 aromatic carbocycles. The number of rotatable bonds is 5. The van der Waals surface area contributed by atoms with Crippen LogP contribution >= 0.6 is 0 Å². The van der Waals surface area contributed by atoms with Crippen molar-refractivity contribution >= 4 is 11.6 Å². The van der Waals surface area contributed by atoms with Gasteiger partial charge in [-0.2, -0.15) is 13.2 Å². The minimum absolute atomic E-state index is 0.0763. The first kappa shape index (κ1) is 18.8. The van der Waals surface area contributed by atoms with Gasteiger partial charge in [0, 0.05) is 5.69 Å². The zero-order valence-corrected chi connectivity index (χ0v) is 14.2. The van der Waals surface area contributed by atoms with Crippen molar-refractivity contribution in [2.75, 3.05) is 5.32 Å². The standard InChI is InChI=1S/C19H20F3NO2/c1-12(2)16-9-4-5-10-17(16)25-13(3)18(24)23-15-8-6-7-14(11-15)19(20,21)22/h4-13H,1-3H3,(H,23,24)/t13-/m0/s1. The van der Waals surface area contributed by atoms with Crippen molar-refractivity contribution < 1.29 is 22.7 Å². The third-order valence-corrected chi connectivity index (χ3v) is 3.67. The van der Waals surface area contributed by atoms with Gasteiger partial charge in [-0.3, -0.25) is 4.79 Å². The second-order valence-corrected chi connectivity index (χ2v) is 6.02. The molecule has 0 saturated carbocycles. The Hall–Kier alpha value is -2.50. The second kappa shape index (κ2) is 7.59. The first-order chi connectivity index (χ1) is 11.7. The van der Waals surface area contributed by atoms with Crippen LogP contribution in [0.1, 0.15) is 37.8 Å². The first-order valence-electron chi connectivity index (χ1n) is 7.92. The highest BCUT2D eigenvalue weighted by Crippen LogP contribution is 2.31. The zero-order chi connectivity index (χ0) is 18.6. The molecule has 1 atom stereocenters. The largest absolute Gasteiger partial charge is 0.481 e. The van der Waals surface area contributed by atoms with Crippen LogP contribution in [0.15, 0.2) is 48.5 Å². The second-order valence-electron chi connectivity index (χ2n) is 6.02. The van der Waals surface area contributed by atoms with Crippen LogP contribution < -0.4 is 10.1 Å². The molecule has 0 aliphatic carbocycles. The molecule has 0 bridgehead atoms. The van der Waals surface area contributed by atoms with Gasteiger partial charge in [-0.1, -0.05) is 38.1 Å². The van der Waals surface area contributed by atoms with Crippen LogP contribution in [-0.2, 0) is 11.0 Å². The number of amides is 1. The summed E-state index contributed by atoms with van der Waals surface area (Å²) in [6, 6.07) is 11.9. The maximum absolute atomic E-state index is 12.7. The van der Waals surface area contributed by atoms with E-state index < -0.39 is 23.8 Å². The highest BCUT2D eigenvalue weighted by molar-refractivity contribution is 5.94. The molecule has 25 heavy (non-hydrogen) atoms. The summed E-state index contributed by atoms with van der Waals surface area (Å²) in [6.45, 7) is 5.57. The summed E-state index contributed by atoms with van der Waals surface area (Å²) in [5.41, 5.74) is 0.220. The lowest BCUT2D eigenvalue weighted by Gasteiger charge is -2.19. The molecule has 0 radical (unpaired) electrons. The summed E-state index contributed by atoms with van der Waals surface area (Å²) < 4.78 is 43.9. The Balaban J connectivity index is 2.09. The topological polar surface area (TPSA) is 38.3 Å². The Morgan fingerprint density at radius 2 is 1.72 bits per heavy atom. The Labute approximate surface area is 144 Å². The van der Waals surface area contributed by atoms with Crippen molar-refractivity contribution in [3.05, 3.63) is 59.7 Å². The molecule has 0 spiro atoms. The van der Waals surface area contributed by atoms with Crippen LogP contribution in [-0.4, -0.2) is 12.0 Å². The highest BCUT2D eigenvalue weighted by atomic mass is 19.4. The van der Waals surface area contributed by atoms with Crippen molar-refractivity contribution in [1.82, 2.24) is 0 Å². The van der Waals surface area contributed by atoms with E-state index in [1.807, 2.05) is 26.0 Å². The number of carbonyl (C=O) groups excluding carboxylic acids is 1. The Kier molecular flexibility index (Phi) is 5.72. The molecular weight excluding hydrogens is 331 g/mol. The number of nitrogens with one attached hydrogen (secondary N) is 1. The van der Waals surface area contributed by atoms with Gasteiger partial charge in [0.1, 0.15) is 5.75 Å². The van der Waals surface area contributed by atoms with Crippen LogP contribution in [0.5, 0.6) is 5.75 Å².